The van der Waals surface area contributed by atoms with Gasteiger partial charge in [0.2, 0.25) is 5.76 Å². The monoisotopic (exact) mass is 254 g/mol. The summed E-state index contributed by atoms with van der Waals surface area (Å²) >= 11 is 0. The van der Waals surface area contributed by atoms with E-state index in [0.29, 0.717) is 0 Å². The first-order valence-corrected chi connectivity index (χ1v) is 5.42. The van der Waals surface area contributed by atoms with Gasteiger partial charge in [-0.05, 0) is 18.6 Å². The van der Waals surface area contributed by atoms with Crippen LogP contribution in [0.3, 0.4) is 0 Å². The lowest BCUT2D eigenvalue weighted by molar-refractivity contribution is -0.129. The zero-order valence-electron chi connectivity index (χ0n) is 9.87. The van der Waals surface area contributed by atoms with Crippen molar-refractivity contribution in [2.75, 3.05) is 6.61 Å². The van der Waals surface area contributed by atoms with E-state index in [1.54, 1.807) is 6.08 Å². The van der Waals surface area contributed by atoms with Gasteiger partial charge in [0.05, 0.1) is 6.61 Å². The number of halogens is 3. The van der Waals surface area contributed by atoms with Gasteiger partial charge in [0, 0.05) is 0 Å². The summed E-state index contributed by atoms with van der Waals surface area (Å²) in [5, 5.41) is 0. The Morgan fingerprint density at radius 2 is 1.94 bits per heavy atom. The Bertz CT molecular complexity index is 452. The van der Waals surface area contributed by atoms with Crippen molar-refractivity contribution in [3.63, 3.8) is 0 Å². The minimum Gasteiger partial charge on any atom is -0.482 e. The molecular weight excluding hydrogens is 241 g/mol. The summed E-state index contributed by atoms with van der Waals surface area (Å²) in [6.45, 7) is 1.45. The molecule has 96 valence electrons. The maximum Gasteiger partial charge on any atom is 0.457 e. The van der Waals surface area contributed by atoms with Gasteiger partial charge in [-0.25, -0.2) is 0 Å². The molecule has 0 spiro atoms. The highest BCUT2D eigenvalue weighted by atomic mass is 19.4. The van der Waals surface area contributed by atoms with Crippen molar-refractivity contribution in [2.24, 2.45) is 0 Å². The molecule has 0 amide bonds. The molecule has 0 heterocycles. The molecule has 0 unspecified atom stereocenters. The summed E-state index contributed by atoms with van der Waals surface area (Å²) in [6, 6.07) is 9.26. The van der Waals surface area contributed by atoms with E-state index in [1.165, 1.54) is 19.1 Å². The molecule has 0 bridgehead atoms. The number of alkyl halides is 3. The van der Waals surface area contributed by atoms with Crippen molar-refractivity contribution in [1.82, 2.24) is 0 Å². The van der Waals surface area contributed by atoms with Crippen LogP contribution in [0.5, 0.6) is 0 Å². The van der Waals surface area contributed by atoms with Crippen molar-refractivity contribution in [3.8, 4) is 0 Å². The van der Waals surface area contributed by atoms with Gasteiger partial charge in [-0.3, -0.25) is 0 Å². The molecular formula is C14H13F3O. The Morgan fingerprint density at radius 1 is 1.28 bits per heavy atom. The van der Waals surface area contributed by atoms with Gasteiger partial charge in [0.1, 0.15) is 0 Å². The maximum absolute atomic E-state index is 12.4. The fourth-order valence-corrected chi connectivity index (χ4v) is 1.20. The number of rotatable bonds is 4. The fraction of sp³-hybridized carbons (Fsp3) is 0.214. The Kier molecular flexibility index (Phi) is 5.28. The highest BCUT2D eigenvalue weighted by Gasteiger charge is 2.35. The van der Waals surface area contributed by atoms with E-state index < -0.39 is 11.9 Å². The molecule has 0 saturated heterocycles. The summed E-state index contributed by atoms with van der Waals surface area (Å²) in [6.07, 6.45) is -0.147. The molecule has 0 fully saturated rings. The number of ether oxygens (including phenoxy) is 1. The summed E-state index contributed by atoms with van der Waals surface area (Å²) in [7, 11) is 0. The second kappa shape index (κ2) is 6.72. The number of hydrogen-bond acceptors (Lipinski definition) is 1. The fourth-order valence-electron chi connectivity index (χ4n) is 1.20. The van der Waals surface area contributed by atoms with Crippen LogP contribution in [-0.4, -0.2) is 12.8 Å². The Morgan fingerprint density at radius 3 is 2.50 bits per heavy atom. The maximum atomic E-state index is 12.4. The standard InChI is InChI=1S/C14H13F3O/c1-2-18-13(14(15,16)17)11-7-6-10-12-8-4-3-5-9-12/h3-10H,2H2,1H3/b10-6+. The normalized spacial score (nSPS) is 11.1. The van der Waals surface area contributed by atoms with E-state index in [-0.39, 0.29) is 6.61 Å². The average molecular weight is 254 g/mol. The molecule has 18 heavy (non-hydrogen) atoms. The van der Waals surface area contributed by atoms with Crippen LogP contribution in [0.2, 0.25) is 0 Å². The average Bonchev–Trinajstić information content (AvgIpc) is 2.33. The molecule has 0 aliphatic rings. The van der Waals surface area contributed by atoms with Gasteiger partial charge in [-0.2, -0.15) is 13.2 Å². The van der Waals surface area contributed by atoms with E-state index in [0.717, 1.165) is 5.56 Å². The molecule has 4 heteroatoms. The van der Waals surface area contributed by atoms with E-state index >= 15 is 0 Å². The molecule has 1 aromatic carbocycles. The predicted octanol–water partition coefficient (Wildman–Crippen LogP) is 4.34. The zero-order chi connectivity index (χ0) is 13.4. The highest BCUT2D eigenvalue weighted by molar-refractivity contribution is 5.50. The highest BCUT2D eigenvalue weighted by Crippen LogP contribution is 2.25. The van der Waals surface area contributed by atoms with Crippen LogP contribution in [0.4, 0.5) is 13.2 Å². The second-order valence-electron chi connectivity index (χ2n) is 3.34. The molecule has 0 aromatic heterocycles. The molecule has 0 radical (unpaired) electrons. The summed E-state index contributed by atoms with van der Waals surface area (Å²) in [5.41, 5.74) is 2.99. The van der Waals surface area contributed by atoms with E-state index in [4.69, 9.17) is 0 Å². The first-order chi connectivity index (χ1) is 8.54. The minimum absolute atomic E-state index is 0.0436. The predicted molar refractivity (Wildman–Crippen MR) is 64.8 cm³/mol. The van der Waals surface area contributed by atoms with Crippen molar-refractivity contribution in [1.29, 1.82) is 0 Å². The summed E-state index contributed by atoms with van der Waals surface area (Å²) < 4.78 is 41.6. The van der Waals surface area contributed by atoms with Gasteiger partial charge in [-0.1, -0.05) is 48.2 Å². The van der Waals surface area contributed by atoms with Crippen molar-refractivity contribution in [2.45, 2.75) is 13.1 Å². The topological polar surface area (TPSA) is 9.23 Å². The van der Waals surface area contributed by atoms with Crippen LogP contribution in [0.1, 0.15) is 12.5 Å². The van der Waals surface area contributed by atoms with Crippen molar-refractivity contribution in [3.05, 3.63) is 59.5 Å². The Hall–Kier alpha value is -1.93. The quantitative estimate of drug-likeness (QED) is 0.441. The van der Waals surface area contributed by atoms with Crippen LogP contribution in [0, 0.1) is 0 Å². The third-order valence-electron chi connectivity index (χ3n) is 1.95. The third kappa shape index (κ3) is 4.93. The van der Waals surface area contributed by atoms with Crippen LogP contribution >= 0.6 is 0 Å². The molecule has 0 N–H and O–H groups in total. The van der Waals surface area contributed by atoms with Crippen LogP contribution in [0.15, 0.2) is 54.0 Å². The van der Waals surface area contributed by atoms with Gasteiger partial charge >= 0.3 is 6.18 Å². The minimum atomic E-state index is -4.51. The smallest absolute Gasteiger partial charge is 0.457 e. The lowest BCUT2D eigenvalue weighted by Crippen LogP contribution is -2.13. The lowest BCUT2D eigenvalue weighted by Gasteiger charge is -2.08. The molecule has 1 aromatic rings. The molecule has 0 aliphatic carbocycles. The van der Waals surface area contributed by atoms with Gasteiger partial charge in [0.25, 0.3) is 0 Å². The zero-order valence-corrected chi connectivity index (χ0v) is 9.87. The largest absolute Gasteiger partial charge is 0.482 e. The molecule has 0 aliphatic heterocycles. The molecule has 0 saturated carbocycles. The van der Waals surface area contributed by atoms with Gasteiger partial charge < -0.3 is 4.74 Å². The Balaban J connectivity index is 2.80. The molecule has 1 rings (SSSR count). The summed E-state index contributed by atoms with van der Waals surface area (Å²) in [4.78, 5) is 0. The second-order valence-corrected chi connectivity index (χ2v) is 3.34. The Labute approximate surface area is 104 Å². The van der Waals surface area contributed by atoms with E-state index in [1.807, 2.05) is 30.3 Å². The number of hydrogen-bond donors (Lipinski definition) is 0. The summed E-state index contributed by atoms with van der Waals surface area (Å²) in [5.74, 6) is -1.11. The van der Waals surface area contributed by atoms with E-state index in [2.05, 4.69) is 10.5 Å². The van der Waals surface area contributed by atoms with Crippen molar-refractivity contribution < 1.29 is 17.9 Å². The number of benzene rings is 1. The first kappa shape index (κ1) is 14.1. The third-order valence-corrected chi connectivity index (χ3v) is 1.95. The van der Waals surface area contributed by atoms with Crippen molar-refractivity contribution >= 4 is 6.08 Å². The van der Waals surface area contributed by atoms with E-state index in [9.17, 15) is 13.2 Å². The first-order valence-electron chi connectivity index (χ1n) is 5.42. The van der Waals surface area contributed by atoms with Gasteiger partial charge in [-0.15, -0.1) is 0 Å². The SMILES string of the molecule is CCOC(=C=C/C=C/c1ccccc1)C(F)(F)F. The van der Waals surface area contributed by atoms with Gasteiger partial charge in [0.15, 0.2) is 0 Å². The number of allylic oxidation sites excluding steroid dienone is 2. The molecule has 1 nitrogen and oxygen atoms in total. The molecule has 0 atom stereocenters. The lowest BCUT2D eigenvalue weighted by atomic mass is 10.2. The van der Waals surface area contributed by atoms with Crippen LogP contribution in [-0.2, 0) is 4.74 Å². The van der Waals surface area contributed by atoms with Crippen LogP contribution in [0.25, 0.3) is 6.08 Å². The van der Waals surface area contributed by atoms with Crippen LogP contribution < -0.4 is 0 Å².